The molecule has 0 atom stereocenters. The van der Waals surface area contributed by atoms with Crippen molar-refractivity contribution in [3.05, 3.63) is 0 Å². The molecule has 0 aliphatic heterocycles. The average Bonchev–Trinajstić information content (AvgIpc) is 2.35. The van der Waals surface area contributed by atoms with Gasteiger partial charge in [0.1, 0.15) is 13.2 Å². The molecule has 0 radical (unpaired) electrons. The quantitative estimate of drug-likeness (QED) is 0.204. The molecule has 17 heavy (non-hydrogen) atoms. The van der Waals surface area contributed by atoms with Crippen LogP contribution in [0.15, 0.2) is 0 Å². The van der Waals surface area contributed by atoms with Crippen molar-refractivity contribution in [2.75, 3.05) is 40.0 Å². The van der Waals surface area contributed by atoms with Crippen molar-refractivity contribution in [2.45, 2.75) is 6.42 Å². The number of methoxy groups -OCH3 is 1. The molecule has 0 rings (SSSR count). The Labute approximate surface area is 99.6 Å². The van der Waals surface area contributed by atoms with E-state index < -0.39 is 0 Å². The summed E-state index contributed by atoms with van der Waals surface area (Å²) in [6, 6.07) is 0. The van der Waals surface area contributed by atoms with Gasteiger partial charge in [0.2, 0.25) is 0 Å². The maximum atomic E-state index is 11.0. The summed E-state index contributed by atoms with van der Waals surface area (Å²) in [5.41, 5.74) is 0. The van der Waals surface area contributed by atoms with Crippen LogP contribution in [-0.4, -0.2) is 63.8 Å². The summed E-state index contributed by atoms with van der Waals surface area (Å²) in [6.45, 7) is 2.57. The largest absolute Gasteiger partial charge is 0.469 e. The number of nitrogens with zero attached hydrogens (tertiary/aromatic N) is 1. The van der Waals surface area contributed by atoms with E-state index in [1.165, 1.54) is 7.11 Å². The number of esters is 1. The fraction of sp³-hybridized carbons (Fsp3) is 0.700. The highest BCUT2D eigenvalue weighted by Gasteiger charge is 2.08. The zero-order chi connectivity index (χ0) is 12.9. The fourth-order valence-electron chi connectivity index (χ4n) is 1.15. The van der Waals surface area contributed by atoms with E-state index in [2.05, 4.69) is 14.2 Å². The van der Waals surface area contributed by atoms with E-state index in [1.54, 1.807) is 0 Å². The van der Waals surface area contributed by atoms with Gasteiger partial charge in [0.05, 0.1) is 13.5 Å². The Hall–Kier alpha value is -1.63. The van der Waals surface area contributed by atoms with E-state index in [1.807, 2.05) is 4.90 Å². The second-order valence-electron chi connectivity index (χ2n) is 3.10. The summed E-state index contributed by atoms with van der Waals surface area (Å²) < 4.78 is 13.6. The van der Waals surface area contributed by atoms with E-state index in [4.69, 9.17) is 0 Å². The van der Waals surface area contributed by atoms with Crippen LogP contribution < -0.4 is 0 Å². The molecule has 0 aliphatic rings. The second kappa shape index (κ2) is 10.9. The lowest BCUT2D eigenvalue weighted by atomic mass is 10.3. The van der Waals surface area contributed by atoms with Crippen LogP contribution in [0, 0.1) is 0 Å². The minimum absolute atomic E-state index is 0.228. The molecule has 0 aromatic rings. The molecule has 0 aromatic heterocycles. The summed E-state index contributed by atoms with van der Waals surface area (Å²) in [5, 5.41) is 0. The van der Waals surface area contributed by atoms with Crippen molar-refractivity contribution in [3.8, 4) is 0 Å². The SMILES string of the molecule is COC(=O)CCN(CCOC=O)CCOC=O. The standard InChI is InChI=1S/C10H17NO6/c1-15-10(14)2-3-11(4-6-16-8-12)5-7-17-9-13/h8-9H,2-7H2,1H3. The van der Waals surface area contributed by atoms with Crippen molar-refractivity contribution in [1.29, 1.82) is 0 Å². The molecule has 7 nitrogen and oxygen atoms in total. The van der Waals surface area contributed by atoms with Gasteiger partial charge in [-0.25, -0.2) is 0 Å². The molecule has 0 spiro atoms. The molecule has 0 unspecified atom stereocenters. The molecule has 0 bridgehead atoms. The Morgan fingerprint density at radius 2 is 1.59 bits per heavy atom. The van der Waals surface area contributed by atoms with Crippen LogP contribution in [0.5, 0.6) is 0 Å². The molecule has 0 aromatic carbocycles. The first-order chi connectivity index (χ1) is 8.24. The first-order valence-corrected chi connectivity index (χ1v) is 5.14. The van der Waals surface area contributed by atoms with Gasteiger partial charge < -0.3 is 14.2 Å². The summed E-state index contributed by atoms with van der Waals surface area (Å²) in [6.07, 6.45) is 0.235. The average molecular weight is 247 g/mol. The molecule has 98 valence electrons. The maximum Gasteiger partial charge on any atom is 0.306 e. The predicted molar refractivity (Wildman–Crippen MR) is 57.1 cm³/mol. The first kappa shape index (κ1) is 15.4. The van der Waals surface area contributed by atoms with Crippen LogP contribution in [0.4, 0.5) is 0 Å². The van der Waals surface area contributed by atoms with E-state index in [-0.39, 0.29) is 25.6 Å². The third-order valence-corrected chi connectivity index (χ3v) is 2.05. The predicted octanol–water partition coefficient (Wildman–Crippen LogP) is -0.802. The Morgan fingerprint density at radius 1 is 1.06 bits per heavy atom. The lowest BCUT2D eigenvalue weighted by Crippen LogP contribution is -2.33. The van der Waals surface area contributed by atoms with Gasteiger partial charge in [-0.1, -0.05) is 0 Å². The molecule has 0 N–H and O–H groups in total. The van der Waals surface area contributed by atoms with E-state index in [9.17, 15) is 14.4 Å². The van der Waals surface area contributed by atoms with Gasteiger partial charge in [0.25, 0.3) is 12.9 Å². The molecule has 0 saturated heterocycles. The van der Waals surface area contributed by atoms with Crippen LogP contribution in [-0.2, 0) is 28.6 Å². The van der Waals surface area contributed by atoms with Crippen LogP contribution in [0.1, 0.15) is 6.42 Å². The number of ether oxygens (including phenoxy) is 3. The van der Waals surface area contributed by atoms with Gasteiger partial charge in [0, 0.05) is 19.6 Å². The highest BCUT2D eigenvalue weighted by atomic mass is 16.5. The monoisotopic (exact) mass is 247 g/mol. The maximum absolute atomic E-state index is 11.0. The van der Waals surface area contributed by atoms with Gasteiger partial charge in [-0.15, -0.1) is 0 Å². The molecular formula is C10H17NO6. The molecule has 0 amide bonds. The number of carbonyl (C=O) groups excluding carboxylic acids is 3. The number of hydrogen-bond acceptors (Lipinski definition) is 7. The Kier molecular flexibility index (Phi) is 9.83. The van der Waals surface area contributed by atoms with Crippen molar-refractivity contribution in [1.82, 2.24) is 4.90 Å². The van der Waals surface area contributed by atoms with Crippen molar-refractivity contribution in [2.24, 2.45) is 0 Å². The lowest BCUT2D eigenvalue weighted by Gasteiger charge is -2.20. The number of hydrogen-bond donors (Lipinski definition) is 0. The van der Waals surface area contributed by atoms with E-state index in [0.717, 1.165) is 0 Å². The molecule has 0 heterocycles. The summed E-state index contributed by atoms with van der Waals surface area (Å²) in [7, 11) is 1.32. The third-order valence-electron chi connectivity index (χ3n) is 2.05. The van der Waals surface area contributed by atoms with Crippen molar-refractivity contribution >= 4 is 18.9 Å². The Bertz CT molecular complexity index is 219. The summed E-state index contributed by atoms with van der Waals surface area (Å²) in [5.74, 6) is -0.317. The summed E-state index contributed by atoms with van der Waals surface area (Å²) >= 11 is 0. The fourth-order valence-corrected chi connectivity index (χ4v) is 1.15. The second-order valence-corrected chi connectivity index (χ2v) is 3.10. The van der Waals surface area contributed by atoms with Gasteiger partial charge in [0.15, 0.2) is 0 Å². The number of carbonyl (C=O) groups is 3. The highest BCUT2D eigenvalue weighted by molar-refractivity contribution is 5.69. The zero-order valence-corrected chi connectivity index (χ0v) is 9.79. The summed E-state index contributed by atoms with van der Waals surface area (Å²) in [4.78, 5) is 32.7. The van der Waals surface area contributed by atoms with Crippen LogP contribution in [0.25, 0.3) is 0 Å². The van der Waals surface area contributed by atoms with Gasteiger partial charge in [-0.2, -0.15) is 0 Å². The van der Waals surface area contributed by atoms with Crippen LogP contribution >= 0.6 is 0 Å². The van der Waals surface area contributed by atoms with E-state index in [0.29, 0.717) is 32.6 Å². The van der Waals surface area contributed by atoms with Crippen LogP contribution in [0.2, 0.25) is 0 Å². The Balaban J connectivity index is 3.86. The minimum atomic E-state index is -0.317. The normalized spacial score (nSPS) is 9.76. The smallest absolute Gasteiger partial charge is 0.306 e. The van der Waals surface area contributed by atoms with Crippen molar-refractivity contribution < 1.29 is 28.6 Å². The highest BCUT2D eigenvalue weighted by Crippen LogP contribution is 1.94. The Morgan fingerprint density at radius 3 is 2.00 bits per heavy atom. The first-order valence-electron chi connectivity index (χ1n) is 5.14. The van der Waals surface area contributed by atoms with E-state index >= 15 is 0 Å². The zero-order valence-electron chi connectivity index (χ0n) is 9.79. The number of rotatable bonds is 11. The molecule has 0 fully saturated rings. The van der Waals surface area contributed by atoms with Crippen molar-refractivity contribution in [3.63, 3.8) is 0 Å². The van der Waals surface area contributed by atoms with Gasteiger partial charge in [-0.05, 0) is 0 Å². The van der Waals surface area contributed by atoms with Crippen LogP contribution in [0.3, 0.4) is 0 Å². The van der Waals surface area contributed by atoms with Gasteiger partial charge in [-0.3, -0.25) is 19.3 Å². The molecule has 0 saturated carbocycles. The minimum Gasteiger partial charge on any atom is -0.469 e. The molecular weight excluding hydrogens is 230 g/mol. The third kappa shape index (κ3) is 9.31. The molecule has 0 aliphatic carbocycles. The molecule has 7 heteroatoms. The topological polar surface area (TPSA) is 82.1 Å². The van der Waals surface area contributed by atoms with Gasteiger partial charge >= 0.3 is 5.97 Å². The lowest BCUT2D eigenvalue weighted by molar-refractivity contribution is -0.141.